The number of anilines is 1. The van der Waals surface area contributed by atoms with E-state index in [1.165, 1.54) is 12.1 Å². The summed E-state index contributed by atoms with van der Waals surface area (Å²) in [5.41, 5.74) is 0.384. The Labute approximate surface area is 99.7 Å². The molecule has 0 radical (unpaired) electrons. The van der Waals surface area contributed by atoms with Gasteiger partial charge in [-0.1, -0.05) is 6.92 Å². The van der Waals surface area contributed by atoms with Crippen molar-refractivity contribution in [2.45, 2.75) is 38.1 Å². The molecule has 0 bridgehead atoms. The standard InChI is InChI=1S/C13H16FNO2/c1-2-13(6-3-7-13)15-11-5-4-9(12(16)17)8-10(11)14/h4-5,8,15H,2-3,6-7H2,1H3,(H,16,17). The molecule has 2 rings (SSSR count). The Hall–Kier alpha value is -1.58. The second-order valence-corrected chi connectivity index (χ2v) is 4.61. The molecule has 1 aromatic carbocycles. The molecular formula is C13H16FNO2. The van der Waals surface area contributed by atoms with Crippen LogP contribution in [-0.2, 0) is 0 Å². The minimum atomic E-state index is -1.11. The Morgan fingerprint density at radius 1 is 1.53 bits per heavy atom. The van der Waals surface area contributed by atoms with Crippen LogP contribution in [0.4, 0.5) is 10.1 Å². The summed E-state index contributed by atoms with van der Waals surface area (Å²) in [6, 6.07) is 4.00. The van der Waals surface area contributed by atoms with Gasteiger partial charge in [-0.3, -0.25) is 0 Å². The first-order chi connectivity index (χ1) is 8.06. The molecule has 1 fully saturated rings. The molecule has 0 aliphatic heterocycles. The fourth-order valence-corrected chi connectivity index (χ4v) is 2.21. The summed E-state index contributed by atoms with van der Waals surface area (Å²) in [6.45, 7) is 2.08. The molecule has 1 aliphatic rings. The Balaban J connectivity index is 2.19. The number of benzene rings is 1. The van der Waals surface area contributed by atoms with Gasteiger partial charge < -0.3 is 10.4 Å². The number of carboxylic acid groups (broad SMARTS) is 1. The van der Waals surface area contributed by atoms with Crippen LogP contribution in [0, 0.1) is 5.82 Å². The average molecular weight is 237 g/mol. The van der Waals surface area contributed by atoms with Crippen molar-refractivity contribution in [2.75, 3.05) is 5.32 Å². The number of halogens is 1. The van der Waals surface area contributed by atoms with E-state index >= 15 is 0 Å². The number of nitrogens with one attached hydrogen (secondary N) is 1. The molecule has 3 nitrogen and oxygen atoms in total. The van der Waals surface area contributed by atoms with Gasteiger partial charge in [-0.15, -0.1) is 0 Å². The summed E-state index contributed by atoms with van der Waals surface area (Å²) < 4.78 is 13.7. The Morgan fingerprint density at radius 3 is 2.65 bits per heavy atom. The van der Waals surface area contributed by atoms with E-state index in [1.54, 1.807) is 0 Å². The van der Waals surface area contributed by atoms with Gasteiger partial charge in [-0.2, -0.15) is 0 Å². The summed E-state index contributed by atoms with van der Waals surface area (Å²) in [6.07, 6.45) is 4.20. The number of carbonyl (C=O) groups is 1. The molecule has 92 valence electrons. The van der Waals surface area contributed by atoms with Crippen LogP contribution in [0.5, 0.6) is 0 Å². The SMILES string of the molecule is CCC1(Nc2ccc(C(=O)O)cc2F)CCC1. The predicted molar refractivity (Wildman–Crippen MR) is 63.9 cm³/mol. The number of rotatable bonds is 4. The Bertz CT molecular complexity index is 436. The van der Waals surface area contributed by atoms with Gasteiger partial charge in [0.2, 0.25) is 0 Å². The first kappa shape index (κ1) is 11.9. The van der Waals surface area contributed by atoms with Gasteiger partial charge in [-0.05, 0) is 43.9 Å². The van der Waals surface area contributed by atoms with Crippen LogP contribution in [0.3, 0.4) is 0 Å². The molecule has 0 saturated heterocycles. The van der Waals surface area contributed by atoms with Crippen molar-refractivity contribution < 1.29 is 14.3 Å². The van der Waals surface area contributed by atoms with Crippen molar-refractivity contribution in [1.29, 1.82) is 0 Å². The van der Waals surface area contributed by atoms with E-state index in [2.05, 4.69) is 12.2 Å². The highest BCUT2D eigenvalue weighted by atomic mass is 19.1. The summed E-state index contributed by atoms with van der Waals surface area (Å²) in [5.74, 6) is -1.60. The number of aromatic carboxylic acids is 1. The van der Waals surface area contributed by atoms with Crippen LogP contribution in [0.1, 0.15) is 43.0 Å². The minimum absolute atomic E-state index is 0.00554. The Morgan fingerprint density at radius 2 is 2.24 bits per heavy atom. The minimum Gasteiger partial charge on any atom is -0.478 e. The quantitative estimate of drug-likeness (QED) is 0.845. The average Bonchev–Trinajstić information content (AvgIpc) is 2.25. The van der Waals surface area contributed by atoms with E-state index in [-0.39, 0.29) is 11.1 Å². The van der Waals surface area contributed by atoms with Gasteiger partial charge in [0.15, 0.2) is 0 Å². The zero-order valence-corrected chi connectivity index (χ0v) is 9.79. The summed E-state index contributed by atoms with van der Waals surface area (Å²) >= 11 is 0. The highest BCUT2D eigenvalue weighted by Crippen LogP contribution is 2.38. The molecule has 1 aliphatic carbocycles. The molecular weight excluding hydrogens is 221 g/mol. The van der Waals surface area contributed by atoms with Crippen molar-refractivity contribution in [3.63, 3.8) is 0 Å². The van der Waals surface area contributed by atoms with Gasteiger partial charge in [0.05, 0.1) is 11.3 Å². The van der Waals surface area contributed by atoms with Crippen molar-refractivity contribution in [2.24, 2.45) is 0 Å². The molecule has 1 aromatic rings. The third-order valence-electron chi connectivity index (χ3n) is 3.60. The second kappa shape index (κ2) is 4.35. The van der Waals surface area contributed by atoms with Gasteiger partial charge in [0.1, 0.15) is 5.82 Å². The lowest BCUT2D eigenvalue weighted by Gasteiger charge is -2.43. The molecule has 2 N–H and O–H groups in total. The molecule has 0 amide bonds. The fraction of sp³-hybridized carbons (Fsp3) is 0.462. The third-order valence-corrected chi connectivity index (χ3v) is 3.60. The van der Waals surface area contributed by atoms with E-state index in [0.29, 0.717) is 5.69 Å². The molecule has 17 heavy (non-hydrogen) atoms. The maximum atomic E-state index is 13.7. The zero-order chi connectivity index (χ0) is 12.5. The Kier molecular flexibility index (Phi) is 3.05. The first-order valence-electron chi connectivity index (χ1n) is 5.87. The van der Waals surface area contributed by atoms with Gasteiger partial charge in [-0.25, -0.2) is 9.18 Å². The molecule has 4 heteroatoms. The number of hydrogen-bond donors (Lipinski definition) is 2. The van der Waals surface area contributed by atoms with Crippen molar-refractivity contribution in [3.05, 3.63) is 29.6 Å². The summed E-state index contributed by atoms with van der Waals surface area (Å²) in [7, 11) is 0. The van der Waals surface area contributed by atoms with Crippen LogP contribution in [0.2, 0.25) is 0 Å². The van der Waals surface area contributed by atoms with Crippen LogP contribution < -0.4 is 5.32 Å². The van der Waals surface area contributed by atoms with Crippen molar-refractivity contribution in [1.82, 2.24) is 0 Å². The number of hydrogen-bond acceptors (Lipinski definition) is 2. The highest BCUT2D eigenvalue weighted by Gasteiger charge is 2.35. The summed E-state index contributed by atoms with van der Waals surface area (Å²) in [5, 5.41) is 12.0. The smallest absolute Gasteiger partial charge is 0.335 e. The van der Waals surface area contributed by atoms with Crippen LogP contribution >= 0.6 is 0 Å². The monoisotopic (exact) mass is 237 g/mol. The van der Waals surface area contributed by atoms with Crippen LogP contribution in [-0.4, -0.2) is 16.6 Å². The predicted octanol–water partition coefficient (Wildman–Crippen LogP) is 3.27. The largest absolute Gasteiger partial charge is 0.478 e. The topological polar surface area (TPSA) is 49.3 Å². The molecule has 1 saturated carbocycles. The summed E-state index contributed by atoms with van der Waals surface area (Å²) in [4.78, 5) is 10.7. The van der Waals surface area contributed by atoms with E-state index < -0.39 is 11.8 Å². The normalized spacial score (nSPS) is 17.3. The molecule has 0 heterocycles. The lowest BCUT2D eigenvalue weighted by molar-refractivity contribution is 0.0696. The van der Waals surface area contributed by atoms with Crippen molar-refractivity contribution in [3.8, 4) is 0 Å². The van der Waals surface area contributed by atoms with Gasteiger partial charge in [0.25, 0.3) is 0 Å². The molecule has 0 unspecified atom stereocenters. The fourth-order valence-electron chi connectivity index (χ4n) is 2.21. The van der Waals surface area contributed by atoms with E-state index in [1.807, 2.05) is 0 Å². The highest BCUT2D eigenvalue weighted by molar-refractivity contribution is 5.88. The molecule has 0 aromatic heterocycles. The van der Waals surface area contributed by atoms with E-state index in [0.717, 1.165) is 31.7 Å². The second-order valence-electron chi connectivity index (χ2n) is 4.61. The zero-order valence-electron chi connectivity index (χ0n) is 9.79. The lowest BCUT2D eigenvalue weighted by atomic mass is 9.74. The van der Waals surface area contributed by atoms with E-state index in [9.17, 15) is 9.18 Å². The van der Waals surface area contributed by atoms with Gasteiger partial charge >= 0.3 is 5.97 Å². The van der Waals surface area contributed by atoms with Crippen LogP contribution in [0.15, 0.2) is 18.2 Å². The third kappa shape index (κ3) is 2.25. The van der Waals surface area contributed by atoms with Crippen LogP contribution in [0.25, 0.3) is 0 Å². The molecule has 0 atom stereocenters. The van der Waals surface area contributed by atoms with Gasteiger partial charge in [0, 0.05) is 5.54 Å². The maximum Gasteiger partial charge on any atom is 0.335 e. The van der Waals surface area contributed by atoms with Crippen molar-refractivity contribution >= 4 is 11.7 Å². The lowest BCUT2D eigenvalue weighted by Crippen LogP contribution is -2.44. The first-order valence-corrected chi connectivity index (χ1v) is 5.87. The maximum absolute atomic E-state index is 13.7. The van der Waals surface area contributed by atoms with E-state index in [4.69, 9.17) is 5.11 Å². The molecule has 0 spiro atoms. The number of carboxylic acids is 1.